The Morgan fingerprint density at radius 2 is 1.95 bits per heavy atom. The van der Waals surface area contributed by atoms with Crippen LogP contribution in [0.1, 0.15) is 19.3 Å². The third kappa shape index (κ3) is 3.91. The van der Waals surface area contributed by atoms with E-state index in [4.69, 9.17) is 5.11 Å². The number of piperidine rings is 1. The Balaban J connectivity index is 1.82. The van der Waals surface area contributed by atoms with E-state index in [0.29, 0.717) is 6.04 Å². The number of hydrogen-bond donors (Lipinski definition) is 2. The highest BCUT2D eigenvalue weighted by molar-refractivity contribution is 5.51. The van der Waals surface area contributed by atoms with Gasteiger partial charge in [-0.25, -0.2) is 0 Å². The minimum Gasteiger partial charge on any atom is -0.396 e. The van der Waals surface area contributed by atoms with Gasteiger partial charge in [0.25, 0.3) is 5.69 Å². The van der Waals surface area contributed by atoms with E-state index in [1.54, 1.807) is 12.1 Å². The molecular formula is C14H21N3O3. The minimum atomic E-state index is -0.374. The van der Waals surface area contributed by atoms with Gasteiger partial charge in [-0.1, -0.05) is 0 Å². The largest absolute Gasteiger partial charge is 0.396 e. The number of benzene rings is 1. The Kier molecular flexibility index (Phi) is 5.31. The number of aliphatic hydroxyl groups excluding tert-OH is 1. The molecular weight excluding hydrogens is 258 g/mol. The maximum Gasteiger partial charge on any atom is 0.269 e. The molecule has 0 radical (unpaired) electrons. The van der Waals surface area contributed by atoms with Gasteiger partial charge in [-0.2, -0.15) is 0 Å². The molecule has 2 N–H and O–H groups in total. The van der Waals surface area contributed by atoms with Crippen molar-refractivity contribution in [2.24, 2.45) is 0 Å². The van der Waals surface area contributed by atoms with E-state index in [-0.39, 0.29) is 17.2 Å². The Hall–Kier alpha value is -1.66. The van der Waals surface area contributed by atoms with Crippen molar-refractivity contribution < 1.29 is 10.0 Å². The summed E-state index contributed by atoms with van der Waals surface area (Å²) in [6, 6.07) is 7.26. The average molecular weight is 279 g/mol. The summed E-state index contributed by atoms with van der Waals surface area (Å²) in [6.07, 6.45) is 2.91. The maximum atomic E-state index is 10.6. The quantitative estimate of drug-likeness (QED) is 0.469. The van der Waals surface area contributed by atoms with E-state index in [1.165, 1.54) is 0 Å². The fourth-order valence-electron chi connectivity index (χ4n) is 2.51. The predicted octanol–water partition coefficient (Wildman–Crippen LogP) is 1.54. The molecule has 0 aliphatic carbocycles. The van der Waals surface area contributed by atoms with Gasteiger partial charge < -0.3 is 15.3 Å². The molecule has 0 bridgehead atoms. The lowest BCUT2D eigenvalue weighted by Crippen LogP contribution is -2.42. The number of hydrogen-bond acceptors (Lipinski definition) is 5. The molecule has 20 heavy (non-hydrogen) atoms. The number of nitro benzene ring substituents is 1. The molecule has 1 heterocycles. The van der Waals surface area contributed by atoms with Crippen LogP contribution in [-0.2, 0) is 0 Å². The molecule has 0 spiro atoms. The van der Waals surface area contributed by atoms with E-state index in [1.807, 2.05) is 12.1 Å². The first kappa shape index (κ1) is 14.7. The summed E-state index contributed by atoms with van der Waals surface area (Å²) in [6.45, 7) is 3.00. The average Bonchev–Trinajstić information content (AvgIpc) is 2.48. The van der Waals surface area contributed by atoms with E-state index in [9.17, 15) is 10.1 Å². The van der Waals surface area contributed by atoms with Gasteiger partial charge in [0.2, 0.25) is 0 Å². The summed E-state index contributed by atoms with van der Waals surface area (Å²) in [4.78, 5) is 12.5. The summed E-state index contributed by atoms with van der Waals surface area (Å²) >= 11 is 0. The van der Waals surface area contributed by atoms with Gasteiger partial charge in [-0.15, -0.1) is 0 Å². The lowest BCUT2D eigenvalue weighted by atomic mass is 10.0. The van der Waals surface area contributed by atoms with Crippen molar-refractivity contribution in [2.75, 3.05) is 31.1 Å². The molecule has 110 valence electrons. The molecule has 1 aliphatic rings. The maximum absolute atomic E-state index is 10.6. The SMILES string of the molecule is O=[N+]([O-])c1ccc(N2CCC(NCCCO)CC2)cc1. The minimum absolute atomic E-state index is 0.134. The molecule has 1 aliphatic heterocycles. The molecule has 6 heteroatoms. The molecule has 1 aromatic rings. The van der Waals surface area contributed by atoms with Gasteiger partial charge in [-0.05, 0) is 37.9 Å². The number of aliphatic hydroxyl groups is 1. The van der Waals surface area contributed by atoms with Crippen LogP contribution in [0.2, 0.25) is 0 Å². The topological polar surface area (TPSA) is 78.6 Å². The Morgan fingerprint density at radius 3 is 2.50 bits per heavy atom. The van der Waals surface area contributed by atoms with E-state index in [0.717, 1.165) is 44.6 Å². The summed E-state index contributed by atoms with van der Waals surface area (Å²) in [7, 11) is 0. The van der Waals surface area contributed by atoms with Crippen molar-refractivity contribution in [3.05, 3.63) is 34.4 Å². The first-order valence-corrected chi connectivity index (χ1v) is 7.04. The number of anilines is 1. The monoisotopic (exact) mass is 279 g/mol. The molecule has 1 saturated heterocycles. The summed E-state index contributed by atoms with van der Waals surface area (Å²) in [5.74, 6) is 0. The normalized spacial score (nSPS) is 16.4. The van der Waals surface area contributed by atoms with Crippen LogP contribution in [-0.4, -0.2) is 42.3 Å². The number of nitrogens with zero attached hydrogens (tertiary/aromatic N) is 2. The van der Waals surface area contributed by atoms with Crippen molar-refractivity contribution in [1.82, 2.24) is 5.32 Å². The van der Waals surface area contributed by atoms with Gasteiger partial charge in [0.1, 0.15) is 0 Å². The van der Waals surface area contributed by atoms with Crippen LogP contribution in [0.5, 0.6) is 0 Å². The molecule has 0 aromatic heterocycles. The van der Waals surface area contributed by atoms with Gasteiger partial charge in [0.15, 0.2) is 0 Å². The highest BCUT2D eigenvalue weighted by atomic mass is 16.6. The molecule has 0 unspecified atom stereocenters. The zero-order valence-corrected chi connectivity index (χ0v) is 11.5. The predicted molar refractivity (Wildman–Crippen MR) is 78.0 cm³/mol. The van der Waals surface area contributed by atoms with Crippen LogP contribution < -0.4 is 10.2 Å². The third-order valence-electron chi connectivity index (χ3n) is 3.69. The Labute approximate surface area is 118 Å². The zero-order chi connectivity index (χ0) is 14.4. The van der Waals surface area contributed by atoms with Crippen LogP contribution in [0, 0.1) is 10.1 Å². The van der Waals surface area contributed by atoms with Crippen molar-refractivity contribution in [3.63, 3.8) is 0 Å². The standard InChI is InChI=1S/C14H21N3O3/c18-11-1-8-15-12-6-9-16(10-7-12)13-2-4-14(5-3-13)17(19)20/h2-5,12,15,18H,1,6-11H2. The fourth-order valence-corrected chi connectivity index (χ4v) is 2.51. The molecule has 1 fully saturated rings. The van der Waals surface area contributed by atoms with E-state index >= 15 is 0 Å². The second-order valence-electron chi connectivity index (χ2n) is 5.07. The molecule has 0 saturated carbocycles. The van der Waals surface area contributed by atoms with Crippen molar-refractivity contribution in [2.45, 2.75) is 25.3 Å². The number of rotatable bonds is 6. The van der Waals surface area contributed by atoms with Gasteiger partial charge in [0.05, 0.1) is 4.92 Å². The lowest BCUT2D eigenvalue weighted by molar-refractivity contribution is -0.384. The van der Waals surface area contributed by atoms with Gasteiger partial charge >= 0.3 is 0 Å². The first-order valence-electron chi connectivity index (χ1n) is 7.04. The van der Waals surface area contributed by atoms with E-state index < -0.39 is 0 Å². The lowest BCUT2D eigenvalue weighted by Gasteiger charge is -2.34. The number of nitro groups is 1. The summed E-state index contributed by atoms with van der Waals surface area (Å²) in [5, 5.41) is 22.8. The van der Waals surface area contributed by atoms with Crippen LogP contribution in [0.4, 0.5) is 11.4 Å². The third-order valence-corrected chi connectivity index (χ3v) is 3.69. The van der Waals surface area contributed by atoms with Crippen molar-refractivity contribution >= 4 is 11.4 Å². The molecule has 6 nitrogen and oxygen atoms in total. The highest BCUT2D eigenvalue weighted by Crippen LogP contribution is 2.22. The van der Waals surface area contributed by atoms with Crippen molar-refractivity contribution in [1.29, 1.82) is 0 Å². The van der Waals surface area contributed by atoms with Crippen LogP contribution >= 0.6 is 0 Å². The Morgan fingerprint density at radius 1 is 1.30 bits per heavy atom. The van der Waals surface area contributed by atoms with Crippen molar-refractivity contribution in [3.8, 4) is 0 Å². The summed E-state index contributed by atoms with van der Waals surface area (Å²) in [5.41, 5.74) is 1.18. The fraction of sp³-hybridized carbons (Fsp3) is 0.571. The van der Waals surface area contributed by atoms with Crippen LogP contribution in [0.3, 0.4) is 0 Å². The molecule has 0 amide bonds. The number of nitrogens with one attached hydrogen (secondary N) is 1. The zero-order valence-electron chi connectivity index (χ0n) is 11.5. The second kappa shape index (κ2) is 7.21. The second-order valence-corrected chi connectivity index (χ2v) is 5.07. The van der Waals surface area contributed by atoms with Crippen LogP contribution in [0.15, 0.2) is 24.3 Å². The van der Waals surface area contributed by atoms with E-state index in [2.05, 4.69) is 10.2 Å². The van der Waals surface area contributed by atoms with Gasteiger partial charge in [-0.3, -0.25) is 10.1 Å². The smallest absolute Gasteiger partial charge is 0.269 e. The molecule has 2 rings (SSSR count). The number of non-ortho nitro benzene ring substituents is 1. The molecule has 0 atom stereocenters. The first-order chi connectivity index (χ1) is 9.70. The summed E-state index contributed by atoms with van der Waals surface area (Å²) < 4.78 is 0. The molecule has 1 aromatic carbocycles. The van der Waals surface area contributed by atoms with Gasteiger partial charge in [0, 0.05) is 43.6 Å². The Bertz CT molecular complexity index is 428. The van der Waals surface area contributed by atoms with Crippen LogP contribution in [0.25, 0.3) is 0 Å². The highest BCUT2D eigenvalue weighted by Gasteiger charge is 2.19.